The van der Waals surface area contributed by atoms with Gasteiger partial charge in [-0.3, -0.25) is 9.48 Å². The van der Waals surface area contributed by atoms with Crippen LogP contribution in [0.15, 0.2) is 30.5 Å². The number of carbonyl (C=O) groups is 1. The molecule has 0 spiro atoms. The molecule has 0 unspecified atom stereocenters. The maximum atomic E-state index is 12.3. The maximum absolute atomic E-state index is 12.3. The molecule has 5 heteroatoms. The molecule has 1 saturated carbocycles. The van der Waals surface area contributed by atoms with E-state index in [0.717, 1.165) is 5.69 Å². The first-order valence-electron chi connectivity index (χ1n) is 7.25. The van der Waals surface area contributed by atoms with Crippen LogP contribution in [-0.4, -0.2) is 15.6 Å². The van der Waals surface area contributed by atoms with Gasteiger partial charge in [-0.1, -0.05) is 24.4 Å². The lowest BCUT2D eigenvalue weighted by atomic mass is 10.1. The Bertz CT molecular complexity index is 639. The molecule has 3 rings (SSSR count). The molecular weight excluding hydrogens is 286 g/mol. The van der Waals surface area contributed by atoms with E-state index in [2.05, 4.69) is 5.10 Å². The van der Waals surface area contributed by atoms with Gasteiger partial charge in [-0.2, -0.15) is 5.10 Å². The Morgan fingerprint density at radius 2 is 2.10 bits per heavy atom. The highest BCUT2D eigenvalue weighted by Crippen LogP contribution is 2.28. The molecule has 21 heavy (non-hydrogen) atoms. The Labute approximate surface area is 128 Å². The summed E-state index contributed by atoms with van der Waals surface area (Å²) in [4.78, 5) is 12.3. The van der Waals surface area contributed by atoms with E-state index in [-0.39, 0.29) is 12.2 Å². The van der Waals surface area contributed by atoms with Crippen LogP contribution in [0.25, 0.3) is 0 Å². The summed E-state index contributed by atoms with van der Waals surface area (Å²) in [6, 6.07) is 7.35. The van der Waals surface area contributed by atoms with Gasteiger partial charge in [-0.05, 0) is 37.1 Å². The lowest BCUT2D eigenvalue weighted by Crippen LogP contribution is -2.08. The number of nitrogens with zero attached hydrogens (tertiary/aromatic N) is 2. The summed E-state index contributed by atoms with van der Waals surface area (Å²) >= 11 is 5.94. The Morgan fingerprint density at radius 3 is 2.81 bits per heavy atom. The second-order valence-corrected chi connectivity index (χ2v) is 6.03. The van der Waals surface area contributed by atoms with E-state index in [1.54, 1.807) is 18.2 Å². The van der Waals surface area contributed by atoms with Crippen LogP contribution in [0.1, 0.15) is 47.8 Å². The Morgan fingerprint density at radius 1 is 1.33 bits per heavy atom. The van der Waals surface area contributed by atoms with Crippen LogP contribution in [0.2, 0.25) is 5.02 Å². The minimum Gasteiger partial charge on any atom is -0.399 e. The molecule has 1 heterocycles. The Hall–Kier alpha value is -1.81. The second-order valence-electron chi connectivity index (χ2n) is 5.60. The third-order valence-corrected chi connectivity index (χ3v) is 4.16. The van der Waals surface area contributed by atoms with Crippen molar-refractivity contribution in [2.45, 2.75) is 38.1 Å². The van der Waals surface area contributed by atoms with Crippen LogP contribution in [0.3, 0.4) is 0 Å². The number of hydrogen-bond acceptors (Lipinski definition) is 3. The number of nitrogens with two attached hydrogens (primary N) is 1. The van der Waals surface area contributed by atoms with E-state index >= 15 is 0 Å². The average molecular weight is 304 g/mol. The van der Waals surface area contributed by atoms with Crippen molar-refractivity contribution in [1.82, 2.24) is 9.78 Å². The van der Waals surface area contributed by atoms with Crippen LogP contribution < -0.4 is 5.73 Å². The molecule has 0 bridgehead atoms. The summed E-state index contributed by atoms with van der Waals surface area (Å²) in [6.45, 7) is 0. The predicted octanol–water partition coefficient (Wildman–Crippen LogP) is 3.66. The zero-order chi connectivity index (χ0) is 14.8. The van der Waals surface area contributed by atoms with Crippen LogP contribution in [0.4, 0.5) is 5.69 Å². The number of halogens is 1. The molecule has 0 aliphatic heterocycles. The largest absolute Gasteiger partial charge is 0.399 e. The summed E-state index contributed by atoms with van der Waals surface area (Å²) in [7, 11) is 0. The topological polar surface area (TPSA) is 60.9 Å². The number of Topliss-reactive ketones (excluding diaryl/α,β-unsaturated/α-hetero) is 1. The van der Waals surface area contributed by atoms with Crippen molar-refractivity contribution >= 4 is 23.1 Å². The maximum Gasteiger partial charge on any atom is 0.169 e. The molecule has 0 radical (unpaired) electrons. The number of carbonyl (C=O) groups excluding carboxylic acids is 1. The number of nitrogen functional groups attached to an aromatic ring is 1. The van der Waals surface area contributed by atoms with Gasteiger partial charge < -0.3 is 5.73 Å². The third kappa shape index (κ3) is 3.27. The first kappa shape index (κ1) is 14.1. The van der Waals surface area contributed by atoms with Gasteiger partial charge in [-0.25, -0.2) is 0 Å². The minimum atomic E-state index is -0.0131. The molecule has 2 N–H and O–H groups in total. The quantitative estimate of drug-likeness (QED) is 0.692. The van der Waals surface area contributed by atoms with Crippen LogP contribution >= 0.6 is 11.6 Å². The van der Waals surface area contributed by atoms with Gasteiger partial charge in [-0.15, -0.1) is 0 Å². The van der Waals surface area contributed by atoms with E-state index in [9.17, 15) is 4.79 Å². The van der Waals surface area contributed by atoms with Crippen molar-refractivity contribution in [3.05, 3.63) is 46.7 Å². The van der Waals surface area contributed by atoms with E-state index in [4.69, 9.17) is 17.3 Å². The third-order valence-electron chi connectivity index (χ3n) is 3.95. The zero-order valence-corrected chi connectivity index (χ0v) is 12.5. The van der Waals surface area contributed by atoms with Crippen molar-refractivity contribution in [2.75, 3.05) is 5.73 Å². The zero-order valence-electron chi connectivity index (χ0n) is 11.8. The number of aromatic nitrogens is 2. The number of rotatable bonds is 4. The molecule has 1 aromatic carbocycles. The number of anilines is 1. The second kappa shape index (κ2) is 5.90. The van der Waals surface area contributed by atoms with E-state index in [1.165, 1.54) is 25.7 Å². The molecule has 1 aliphatic rings. The van der Waals surface area contributed by atoms with Gasteiger partial charge in [0.25, 0.3) is 0 Å². The smallest absolute Gasteiger partial charge is 0.169 e. The fraction of sp³-hybridized carbons (Fsp3) is 0.375. The summed E-state index contributed by atoms with van der Waals surface area (Å²) in [5.41, 5.74) is 7.56. The Kier molecular flexibility index (Phi) is 3.97. The summed E-state index contributed by atoms with van der Waals surface area (Å²) in [6.07, 6.45) is 7.14. The normalized spacial score (nSPS) is 15.5. The number of hydrogen-bond donors (Lipinski definition) is 1. The van der Waals surface area contributed by atoms with Gasteiger partial charge in [0, 0.05) is 22.5 Å². The molecule has 0 atom stereocenters. The fourth-order valence-corrected chi connectivity index (χ4v) is 3.13. The monoisotopic (exact) mass is 303 g/mol. The molecule has 0 saturated heterocycles. The highest BCUT2D eigenvalue weighted by molar-refractivity contribution is 6.31. The first-order valence-corrected chi connectivity index (χ1v) is 7.63. The number of ketones is 1. The van der Waals surface area contributed by atoms with Crippen molar-refractivity contribution in [1.29, 1.82) is 0 Å². The van der Waals surface area contributed by atoms with E-state index in [1.807, 2.05) is 16.9 Å². The molecule has 1 fully saturated rings. The molecule has 110 valence electrons. The predicted molar refractivity (Wildman–Crippen MR) is 83.6 cm³/mol. The SMILES string of the molecule is Nc1cc(Cl)cc(C(=O)Cc2ccn(C3CCCC3)n2)c1. The molecule has 4 nitrogen and oxygen atoms in total. The van der Waals surface area contributed by atoms with Crippen molar-refractivity contribution in [2.24, 2.45) is 0 Å². The van der Waals surface area contributed by atoms with Crippen molar-refractivity contribution < 1.29 is 4.79 Å². The first-order chi connectivity index (χ1) is 10.1. The van der Waals surface area contributed by atoms with Gasteiger partial charge in [0.15, 0.2) is 5.78 Å². The van der Waals surface area contributed by atoms with Crippen LogP contribution in [0.5, 0.6) is 0 Å². The molecule has 1 aliphatic carbocycles. The van der Waals surface area contributed by atoms with Crippen molar-refractivity contribution in [3.63, 3.8) is 0 Å². The van der Waals surface area contributed by atoms with Gasteiger partial charge in [0.1, 0.15) is 0 Å². The van der Waals surface area contributed by atoms with Gasteiger partial charge in [0.05, 0.1) is 18.2 Å². The van der Waals surface area contributed by atoms with Crippen LogP contribution in [0, 0.1) is 0 Å². The summed E-state index contributed by atoms with van der Waals surface area (Å²) in [5.74, 6) is -0.0131. The average Bonchev–Trinajstić information content (AvgIpc) is 3.07. The van der Waals surface area contributed by atoms with Crippen LogP contribution in [-0.2, 0) is 6.42 Å². The highest BCUT2D eigenvalue weighted by Gasteiger charge is 2.18. The summed E-state index contributed by atoms with van der Waals surface area (Å²) < 4.78 is 2.00. The number of benzene rings is 1. The summed E-state index contributed by atoms with van der Waals surface area (Å²) in [5, 5.41) is 5.02. The van der Waals surface area contributed by atoms with E-state index < -0.39 is 0 Å². The van der Waals surface area contributed by atoms with Crippen molar-refractivity contribution in [3.8, 4) is 0 Å². The lowest BCUT2D eigenvalue weighted by Gasteiger charge is -2.08. The van der Waals surface area contributed by atoms with Gasteiger partial charge >= 0.3 is 0 Å². The molecule has 2 aromatic rings. The molecule has 1 aromatic heterocycles. The highest BCUT2D eigenvalue weighted by atomic mass is 35.5. The van der Waals surface area contributed by atoms with E-state index in [0.29, 0.717) is 22.3 Å². The van der Waals surface area contributed by atoms with Gasteiger partial charge in [0.2, 0.25) is 0 Å². The standard InChI is InChI=1S/C16H18ClN3O/c17-12-7-11(8-13(18)9-12)16(21)10-14-5-6-20(19-14)15-3-1-2-4-15/h5-9,15H,1-4,10,18H2. The minimum absolute atomic E-state index is 0.0131. The Balaban J connectivity index is 1.72. The molecule has 0 amide bonds. The lowest BCUT2D eigenvalue weighted by molar-refractivity contribution is 0.0991. The fourth-order valence-electron chi connectivity index (χ4n) is 2.88. The molecular formula is C16H18ClN3O.